The van der Waals surface area contributed by atoms with Gasteiger partial charge in [-0.05, 0) is 31.0 Å². The van der Waals surface area contributed by atoms with E-state index in [9.17, 15) is 0 Å². The lowest BCUT2D eigenvalue weighted by Crippen LogP contribution is -2.38. The minimum atomic E-state index is 0.467. The fraction of sp³-hybridized carbons (Fsp3) is 0.550. The maximum atomic E-state index is 5.43. The minimum absolute atomic E-state index is 0.467. The van der Waals surface area contributed by atoms with E-state index in [0.29, 0.717) is 6.04 Å². The molecule has 0 N–H and O–H groups in total. The molecule has 2 aromatic heterocycles. The molecule has 4 heterocycles. The van der Waals surface area contributed by atoms with Gasteiger partial charge < -0.3 is 14.5 Å². The summed E-state index contributed by atoms with van der Waals surface area (Å²) >= 11 is 0. The van der Waals surface area contributed by atoms with Crippen LogP contribution in [0.15, 0.2) is 30.6 Å². The summed E-state index contributed by atoms with van der Waals surface area (Å²) in [5, 5.41) is 0. The van der Waals surface area contributed by atoms with E-state index in [1.165, 1.54) is 5.56 Å². The number of morpholine rings is 1. The number of hydrogen-bond donors (Lipinski definition) is 0. The van der Waals surface area contributed by atoms with E-state index in [1.54, 1.807) is 0 Å². The van der Waals surface area contributed by atoms with Crippen LogP contribution in [0, 0.1) is 6.92 Å². The van der Waals surface area contributed by atoms with Crippen molar-refractivity contribution in [3.05, 3.63) is 41.9 Å². The Morgan fingerprint density at radius 3 is 2.81 bits per heavy atom. The number of likely N-dealkylation sites (N-methyl/N-ethyl adjacent to an activating group) is 1. The molecule has 7 nitrogen and oxygen atoms in total. The second kappa shape index (κ2) is 8.19. The van der Waals surface area contributed by atoms with Crippen LogP contribution >= 0.6 is 0 Å². The molecule has 2 fully saturated rings. The average molecular weight is 368 g/mol. The molecule has 1 unspecified atom stereocenters. The summed E-state index contributed by atoms with van der Waals surface area (Å²) in [5.41, 5.74) is 2.44. The Hall–Kier alpha value is -2.25. The lowest BCUT2D eigenvalue weighted by molar-refractivity contribution is 0.122. The Bertz CT molecular complexity index is 764. The zero-order valence-corrected chi connectivity index (χ0v) is 16.2. The van der Waals surface area contributed by atoms with Gasteiger partial charge in [-0.25, -0.2) is 4.98 Å². The maximum Gasteiger partial charge on any atom is 0.227 e. The third kappa shape index (κ3) is 4.20. The first-order valence-corrected chi connectivity index (χ1v) is 9.72. The molecule has 2 saturated heterocycles. The molecule has 4 rings (SSSR count). The monoisotopic (exact) mass is 368 g/mol. The quantitative estimate of drug-likeness (QED) is 0.796. The molecule has 27 heavy (non-hydrogen) atoms. The molecular formula is C20H28N6O. The summed E-state index contributed by atoms with van der Waals surface area (Å²) in [6, 6.07) is 6.68. The van der Waals surface area contributed by atoms with E-state index in [4.69, 9.17) is 9.72 Å². The van der Waals surface area contributed by atoms with Crippen molar-refractivity contribution in [1.82, 2.24) is 19.9 Å². The van der Waals surface area contributed by atoms with Gasteiger partial charge in [0.05, 0.1) is 13.2 Å². The smallest absolute Gasteiger partial charge is 0.227 e. The summed E-state index contributed by atoms with van der Waals surface area (Å²) in [6.45, 7) is 8.40. The number of ether oxygens (including phenoxy) is 1. The number of hydrogen-bond acceptors (Lipinski definition) is 7. The first kappa shape index (κ1) is 18.1. The van der Waals surface area contributed by atoms with Crippen LogP contribution in [-0.4, -0.2) is 72.3 Å². The second-order valence-corrected chi connectivity index (χ2v) is 7.35. The lowest BCUT2D eigenvalue weighted by atomic mass is 10.2. The van der Waals surface area contributed by atoms with Gasteiger partial charge in [0.2, 0.25) is 5.95 Å². The molecule has 0 bridgehead atoms. The highest BCUT2D eigenvalue weighted by Crippen LogP contribution is 2.23. The topological polar surface area (TPSA) is 57.6 Å². The Kier molecular flexibility index (Phi) is 5.50. The third-order valence-corrected chi connectivity index (χ3v) is 5.59. The van der Waals surface area contributed by atoms with Crippen LogP contribution in [0.4, 0.5) is 11.8 Å². The van der Waals surface area contributed by atoms with Crippen LogP contribution in [0.1, 0.15) is 17.7 Å². The van der Waals surface area contributed by atoms with Crippen LogP contribution in [0.3, 0.4) is 0 Å². The van der Waals surface area contributed by atoms with Crippen molar-refractivity contribution < 1.29 is 4.74 Å². The van der Waals surface area contributed by atoms with Crippen LogP contribution in [-0.2, 0) is 11.3 Å². The molecule has 0 radical (unpaired) electrons. The zero-order chi connectivity index (χ0) is 18.6. The van der Waals surface area contributed by atoms with Gasteiger partial charge in [0.1, 0.15) is 5.82 Å². The molecule has 0 saturated carbocycles. The van der Waals surface area contributed by atoms with E-state index < -0.39 is 0 Å². The fourth-order valence-electron chi connectivity index (χ4n) is 3.84. The van der Waals surface area contributed by atoms with Gasteiger partial charge in [-0.15, -0.1) is 0 Å². The van der Waals surface area contributed by atoms with Crippen molar-refractivity contribution in [2.45, 2.75) is 25.9 Å². The number of likely N-dealkylation sites (tertiary alicyclic amines) is 1. The molecule has 2 aromatic rings. The van der Waals surface area contributed by atoms with Crippen molar-refractivity contribution >= 4 is 11.8 Å². The molecule has 144 valence electrons. The van der Waals surface area contributed by atoms with E-state index in [-0.39, 0.29) is 0 Å². The number of anilines is 2. The first-order chi connectivity index (χ1) is 13.2. The van der Waals surface area contributed by atoms with Gasteiger partial charge >= 0.3 is 0 Å². The largest absolute Gasteiger partial charge is 0.378 e. The van der Waals surface area contributed by atoms with Crippen LogP contribution in [0.5, 0.6) is 0 Å². The normalized spacial score (nSPS) is 20.8. The number of aryl methyl sites for hydroxylation is 1. The highest BCUT2D eigenvalue weighted by atomic mass is 16.5. The van der Waals surface area contributed by atoms with Gasteiger partial charge in [0.15, 0.2) is 0 Å². The van der Waals surface area contributed by atoms with Gasteiger partial charge in [-0.2, -0.15) is 4.98 Å². The van der Waals surface area contributed by atoms with Gasteiger partial charge in [0.25, 0.3) is 0 Å². The SMILES string of the molecule is Cc1ncccc1CN1CCC(N(C)c2ccnc(N3CCOCC3)n2)C1. The summed E-state index contributed by atoms with van der Waals surface area (Å²) in [5.74, 6) is 1.80. The molecule has 7 heteroatoms. The van der Waals surface area contributed by atoms with Crippen molar-refractivity contribution in [3.63, 3.8) is 0 Å². The van der Waals surface area contributed by atoms with E-state index in [0.717, 1.165) is 69.8 Å². The Morgan fingerprint density at radius 2 is 2.00 bits per heavy atom. The van der Waals surface area contributed by atoms with Gasteiger partial charge in [0, 0.05) is 63.9 Å². The van der Waals surface area contributed by atoms with Crippen molar-refractivity contribution in [3.8, 4) is 0 Å². The predicted octanol–water partition coefficient (Wildman–Crippen LogP) is 1.73. The Morgan fingerprint density at radius 1 is 1.15 bits per heavy atom. The van der Waals surface area contributed by atoms with Crippen molar-refractivity contribution in [2.24, 2.45) is 0 Å². The van der Waals surface area contributed by atoms with E-state index >= 15 is 0 Å². The summed E-state index contributed by atoms with van der Waals surface area (Å²) in [6.07, 6.45) is 4.88. The van der Waals surface area contributed by atoms with E-state index in [1.807, 2.05) is 24.5 Å². The lowest BCUT2D eigenvalue weighted by Gasteiger charge is -2.29. The summed E-state index contributed by atoms with van der Waals surface area (Å²) in [4.78, 5) is 20.7. The third-order valence-electron chi connectivity index (χ3n) is 5.59. The number of nitrogens with zero attached hydrogens (tertiary/aromatic N) is 6. The molecular weight excluding hydrogens is 340 g/mol. The summed E-state index contributed by atoms with van der Waals surface area (Å²) in [7, 11) is 2.15. The van der Waals surface area contributed by atoms with Crippen molar-refractivity contribution in [2.75, 3.05) is 56.2 Å². The van der Waals surface area contributed by atoms with Gasteiger partial charge in [-0.1, -0.05) is 6.07 Å². The standard InChI is InChI=1S/C20H28N6O/c1-16-17(4-3-7-21-16)14-25-9-6-18(15-25)24(2)19-5-8-22-20(23-19)26-10-12-27-13-11-26/h3-5,7-8,18H,6,9-15H2,1-2H3. The molecule has 2 aliphatic rings. The second-order valence-electron chi connectivity index (χ2n) is 7.35. The highest BCUT2D eigenvalue weighted by Gasteiger charge is 2.27. The number of pyridine rings is 1. The molecule has 0 aromatic carbocycles. The van der Waals surface area contributed by atoms with E-state index in [2.05, 4.69) is 44.7 Å². The van der Waals surface area contributed by atoms with Crippen LogP contribution in [0.2, 0.25) is 0 Å². The van der Waals surface area contributed by atoms with Crippen LogP contribution in [0.25, 0.3) is 0 Å². The highest BCUT2D eigenvalue weighted by molar-refractivity contribution is 5.44. The Labute approximate surface area is 161 Å². The molecule has 0 aliphatic carbocycles. The van der Waals surface area contributed by atoms with Crippen molar-refractivity contribution in [1.29, 1.82) is 0 Å². The molecule has 0 amide bonds. The summed E-state index contributed by atoms with van der Waals surface area (Å²) < 4.78 is 5.43. The Balaban J connectivity index is 1.40. The number of aromatic nitrogens is 3. The van der Waals surface area contributed by atoms with Gasteiger partial charge in [-0.3, -0.25) is 9.88 Å². The maximum absolute atomic E-state index is 5.43. The minimum Gasteiger partial charge on any atom is -0.378 e. The van der Waals surface area contributed by atoms with Crippen LogP contribution < -0.4 is 9.80 Å². The predicted molar refractivity (Wildman–Crippen MR) is 106 cm³/mol. The fourth-order valence-corrected chi connectivity index (χ4v) is 3.84. The first-order valence-electron chi connectivity index (χ1n) is 9.72. The molecule has 0 spiro atoms. The number of rotatable bonds is 5. The molecule has 2 aliphatic heterocycles. The average Bonchev–Trinajstić information content (AvgIpc) is 3.18. The molecule has 1 atom stereocenters. The zero-order valence-electron chi connectivity index (χ0n) is 16.2.